The zero-order valence-corrected chi connectivity index (χ0v) is 23.4. The molecule has 2 N–H and O–H groups in total. The molecule has 9 heteroatoms. The van der Waals surface area contributed by atoms with Crippen molar-refractivity contribution in [2.45, 2.75) is 38.3 Å². The largest absolute Gasteiger partial charge is 0.405 e. The van der Waals surface area contributed by atoms with Crippen molar-refractivity contribution >= 4 is 28.5 Å². The predicted molar refractivity (Wildman–Crippen MR) is 160 cm³/mol. The standard InChI is InChI=1S/C34H29F3N4O2/c1-2-3-11-26-28(41-20-39-27-18-22(14-16-29(27)41)40-32(42)21-9-5-4-6-10-21)17-15-25-23-12-7-8-13-24(23)31(30(25)26)33(43)38-19-34(35,36)37/h4-10,12-18,20,31H,2-3,11,19H2,1H3,(H,38,43)(H,40,42). The molecule has 0 saturated carbocycles. The Labute approximate surface area is 246 Å². The van der Waals surface area contributed by atoms with Crippen LogP contribution in [-0.4, -0.2) is 34.1 Å². The smallest absolute Gasteiger partial charge is 0.346 e. The quantitative estimate of drug-likeness (QED) is 0.200. The third-order valence-corrected chi connectivity index (χ3v) is 7.79. The number of hydrogen-bond acceptors (Lipinski definition) is 3. The van der Waals surface area contributed by atoms with Gasteiger partial charge in [-0.15, -0.1) is 0 Å². The summed E-state index contributed by atoms with van der Waals surface area (Å²) < 4.78 is 41.2. The molecular weight excluding hydrogens is 553 g/mol. The molecule has 0 aliphatic heterocycles. The van der Waals surface area contributed by atoms with Crippen LogP contribution in [-0.2, 0) is 11.2 Å². The second-order valence-corrected chi connectivity index (χ2v) is 10.6. The number of alkyl halides is 3. The highest BCUT2D eigenvalue weighted by molar-refractivity contribution is 6.05. The van der Waals surface area contributed by atoms with E-state index in [1.807, 2.05) is 53.1 Å². The Kier molecular flexibility index (Phi) is 7.48. The minimum Gasteiger partial charge on any atom is -0.346 e. The molecule has 1 atom stereocenters. The van der Waals surface area contributed by atoms with Gasteiger partial charge < -0.3 is 10.6 Å². The van der Waals surface area contributed by atoms with Crippen LogP contribution in [0.3, 0.4) is 0 Å². The minimum absolute atomic E-state index is 0.228. The van der Waals surface area contributed by atoms with Crippen molar-refractivity contribution < 1.29 is 22.8 Å². The van der Waals surface area contributed by atoms with Crippen molar-refractivity contribution in [2.75, 3.05) is 11.9 Å². The van der Waals surface area contributed by atoms with Crippen LogP contribution < -0.4 is 10.6 Å². The second-order valence-electron chi connectivity index (χ2n) is 10.6. The lowest BCUT2D eigenvalue weighted by molar-refractivity contribution is -0.138. The van der Waals surface area contributed by atoms with Crippen molar-refractivity contribution in [2.24, 2.45) is 0 Å². The summed E-state index contributed by atoms with van der Waals surface area (Å²) in [4.78, 5) is 30.7. The van der Waals surface area contributed by atoms with Gasteiger partial charge >= 0.3 is 6.18 Å². The van der Waals surface area contributed by atoms with Gasteiger partial charge in [0.2, 0.25) is 5.91 Å². The topological polar surface area (TPSA) is 76.0 Å². The highest BCUT2D eigenvalue weighted by atomic mass is 19.4. The van der Waals surface area contributed by atoms with Crippen LogP contribution in [0.2, 0.25) is 0 Å². The average molecular weight is 583 g/mol. The van der Waals surface area contributed by atoms with Crippen molar-refractivity contribution in [3.05, 3.63) is 114 Å². The lowest BCUT2D eigenvalue weighted by atomic mass is 9.88. The summed E-state index contributed by atoms with van der Waals surface area (Å²) in [6, 6.07) is 25.7. The van der Waals surface area contributed by atoms with Crippen LogP contribution in [0.4, 0.5) is 18.9 Å². The van der Waals surface area contributed by atoms with E-state index in [-0.39, 0.29) is 5.91 Å². The number of fused-ring (bicyclic) bond motifs is 4. The number of benzene rings is 4. The molecular formula is C34H29F3N4O2. The lowest BCUT2D eigenvalue weighted by Gasteiger charge is -2.21. The number of anilines is 1. The molecule has 2 amide bonds. The fourth-order valence-corrected chi connectivity index (χ4v) is 5.85. The normalized spacial score (nSPS) is 13.9. The molecule has 1 aliphatic rings. The van der Waals surface area contributed by atoms with Crippen LogP contribution in [0.25, 0.3) is 27.8 Å². The van der Waals surface area contributed by atoms with Crippen molar-refractivity contribution in [1.82, 2.24) is 14.9 Å². The van der Waals surface area contributed by atoms with E-state index in [0.717, 1.165) is 46.3 Å². The van der Waals surface area contributed by atoms with Crippen LogP contribution in [0, 0.1) is 0 Å². The molecule has 6 rings (SSSR count). The molecule has 0 bridgehead atoms. The second kappa shape index (κ2) is 11.4. The van der Waals surface area contributed by atoms with Crippen LogP contribution >= 0.6 is 0 Å². The Balaban J connectivity index is 1.42. The fraction of sp³-hybridized carbons (Fsp3) is 0.206. The molecule has 0 radical (unpaired) electrons. The Morgan fingerprint density at radius 2 is 1.70 bits per heavy atom. The monoisotopic (exact) mass is 582 g/mol. The number of unbranched alkanes of at least 4 members (excludes halogenated alkanes) is 1. The summed E-state index contributed by atoms with van der Waals surface area (Å²) in [6.45, 7) is 0.683. The molecule has 1 aromatic heterocycles. The summed E-state index contributed by atoms with van der Waals surface area (Å²) in [5, 5.41) is 5.04. The maximum absolute atomic E-state index is 13.4. The number of carbonyl (C=O) groups excluding carboxylic acids is 2. The molecule has 1 heterocycles. The molecule has 4 aromatic carbocycles. The Bertz CT molecular complexity index is 1830. The minimum atomic E-state index is -4.52. The Hall–Kier alpha value is -4.92. The van der Waals surface area contributed by atoms with E-state index in [0.29, 0.717) is 28.8 Å². The zero-order chi connectivity index (χ0) is 30.1. The third kappa shape index (κ3) is 5.50. The number of aromatic nitrogens is 2. The average Bonchev–Trinajstić information content (AvgIpc) is 3.58. The Morgan fingerprint density at radius 1 is 0.930 bits per heavy atom. The summed E-state index contributed by atoms with van der Waals surface area (Å²) in [6.07, 6.45) is -0.448. The van der Waals surface area contributed by atoms with E-state index < -0.39 is 24.5 Å². The Morgan fingerprint density at radius 3 is 2.47 bits per heavy atom. The number of amides is 2. The SMILES string of the molecule is CCCCc1c(-n2cnc3cc(NC(=O)c4ccccc4)ccc32)ccc2c1C(C(=O)NCC(F)(F)F)c1ccccc1-2. The molecule has 1 aliphatic carbocycles. The first-order chi connectivity index (χ1) is 20.7. The molecule has 6 nitrogen and oxygen atoms in total. The van der Waals surface area contributed by atoms with Gasteiger partial charge in [-0.25, -0.2) is 4.98 Å². The molecule has 0 fully saturated rings. The summed E-state index contributed by atoms with van der Waals surface area (Å²) in [7, 11) is 0. The third-order valence-electron chi connectivity index (χ3n) is 7.79. The first-order valence-corrected chi connectivity index (χ1v) is 14.2. The molecule has 0 spiro atoms. The highest BCUT2D eigenvalue weighted by Gasteiger charge is 2.38. The zero-order valence-electron chi connectivity index (χ0n) is 23.4. The number of halogens is 3. The number of hydrogen-bond donors (Lipinski definition) is 2. The van der Waals surface area contributed by atoms with Gasteiger partial charge in [-0.05, 0) is 77.1 Å². The van der Waals surface area contributed by atoms with Gasteiger partial charge in [0.15, 0.2) is 0 Å². The van der Waals surface area contributed by atoms with Gasteiger partial charge in [0, 0.05) is 11.3 Å². The van der Waals surface area contributed by atoms with Gasteiger partial charge in [0.05, 0.1) is 22.6 Å². The van der Waals surface area contributed by atoms with Gasteiger partial charge in [-0.3, -0.25) is 14.2 Å². The van der Waals surface area contributed by atoms with E-state index in [4.69, 9.17) is 0 Å². The molecule has 0 saturated heterocycles. The number of carbonyl (C=O) groups is 2. The van der Waals surface area contributed by atoms with Crippen LogP contribution in [0.5, 0.6) is 0 Å². The van der Waals surface area contributed by atoms with Crippen LogP contribution in [0.1, 0.15) is 52.7 Å². The van der Waals surface area contributed by atoms with E-state index in [1.54, 1.807) is 42.7 Å². The number of nitrogens with zero attached hydrogens (tertiary/aromatic N) is 2. The van der Waals surface area contributed by atoms with Crippen molar-refractivity contribution in [3.8, 4) is 16.8 Å². The van der Waals surface area contributed by atoms with Gasteiger partial charge in [0.1, 0.15) is 12.9 Å². The molecule has 1 unspecified atom stereocenters. The summed E-state index contributed by atoms with van der Waals surface area (Å²) in [5.41, 5.74) is 7.46. The number of rotatable bonds is 8. The van der Waals surface area contributed by atoms with E-state index >= 15 is 0 Å². The van der Waals surface area contributed by atoms with E-state index in [9.17, 15) is 22.8 Å². The van der Waals surface area contributed by atoms with E-state index in [2.05, 4.69) is 22.5 Å². The van der Waals surface area contributed by atoms with Crippen molar-refractivity contribution in [1.29, 1.82) is 0 Å². The molecule has 218 valence electrons. The maximum atomic E-state index is 13.4. The number of imidazole rings is 1. The molecule has 43 heavy (non-hydrogen) atoms. The predicted octanol–water partition coefficient (Wildman–Crippen LogP) is 7.41. The van der Waals surface area contributed by atoms with Gasteiger partial charge in [-0.1, -0.05) is 61.9 Å². The lowest BCUT2D eigenvalue weighted by Crippen LogP contribution is -2.37. The van der Waals surface area contributed by atoms with Crippen LogP contribution in [0.15, 0.2) is 91.3 Å². The summed E-state index contributed by atoms with van der Waals surface area (Å²) >= 11 is 0. The first kappa shape index (κ1) is 28.2. The van der Waals surface area contributed by atoms with Gasteiger partial charge in [0.25, 0.3) is 5.91 Å². The van der Waals surface area contributed by atoms with E-state index in [1.165, 1.54) is 0 Å². The maximum Gasteiger partial charge on any atom is 0.405 e. The fourth-order valence-electron chi connectivity index (χ4n) is 5.85. The first-order valence-electron chi connectivity index (χ1n) is 14.2. The van der Waals surface area contributed by atoms with Gasteiger partial charge in [-0.2, -0.15) is 13.2 Å². The van der Waals surface area contributed by atoms with Crippen molar-refractivity contribution in [3.63, 3.8) is 0 Å². The highest BCUT2D eigenvalue weighted by Crippen LogP contribution is 2.48. The molecule has 5 aromatic rings. The number of nitrogens with one attached hydrogen (secondary N) is 2. The summed E-state index contributed by atoms with van der Waals surface area (Å²) in [5.74, 6) is -1.77.